The second-order valence-electron chi connectivity index (χ2n) is 11.4. The van der Waals surface area contributed by atoms with Gasteiger partial charge in [-0.2, -0.15) is 0 Å². The predicted octanol–water partition coefficient (Wildman–Crippen LogP) is 7.30. The van der Waals surface area contributed by atoms with Crippen LogP contribution in [0.25, 0.3) is 0 Å². The van der Waals surface area contributed by atoms with Gasteiger partial charge in [-0.1, -0.05) is 44.9 Å². The highest BCUT2D eigenvalue weighted by atomic mass is 32.2. The molecule has 2 aromatic rings. The Balaban J connectivity index is 1.77. The summed E-state index contributed by atoms with van der Waals surface area (Å²) in [6, 6.07) is 11.4. The Morgan fingerprint density at radius 2 is 1.98 bits per heavy atom. The number of carbonyl (C=O) groups excluding carboxylic acids is 1. The number of hydrogen-bond donors (Lipinski definition) is 3. The van der Waals surface area contributed by atoms with Crippen molar-refractivity contribution in [3.8, 4) is 12.3 Å². The second kappa shape index (κ2) is 15.7. The smallest absolute Gasteiger partial charge is 0.225 e. The van der Waals surface area contributed by atoms with Crippen molar-refractivity contribution in [1.82, 2.24) is 10.2 Å². The first-order valence-electron chi connectivity index (χ1n) is 14.7. The average Bonchev–Trinajstić information content (AvgIpc) is 2.95. The van der Waals surface area contributed by atoms with Crippen LogP contribution in [-0.2, 0) is 11.2 Å². The fraction of sp³-hybridized carbons (Fsp3) is 0.545. The zero-order valence-electron chi connectivity index (χ0n) is 24.8. The molecule has 0 spiro atoms. The van der Waals surface area contributed by atoms with Crippen molar-refractivity contribution in [2.24, 2.45) is 11.3 Å². The number of benzene rings is 2. The van der Waals surface area contributed by atoms with Crippen LogP contribution < -0.4 is 10.6 Å². The first kappa shape index (κ1) is 33.1. The molecule has 1 amide bonds. The van der Waals surface area contributed by atoms with Crippen LogP contribution >= 0.6 is 12.0 Å². The summed E-state index contributed by atoms with van der Waals surface area (Å²) in [6.07, 6.45) is 11.1. The van der Waals surface area contributed by atoms with Gasteiger partial charge < -0.3 is 15.2 Å². The molecule has 1 aliphatic heterocycles. The number of anilines is 1. The number of rotatable bonds is 14. The van der Waals surface area contributed by atoms with Crippen LogP contribution in [0.5, 0.6) is 0 Å². The highest BCUT2D eigenvalue weighted by Gasteiger charge is 2.40. The van der Waals surface area contributed by atoms with Gasteiger partial charge in [-0.15, -0.1) is 6.42 Å². The van der Waals surface area contributed by atoms with E-state index in [1.54, 1.807) is 24.3 Å². The third kappa shape index (κ3) is 8.32. The Morgan fingerprint density at radius 1 is 1.24 bits per heavy atom. The number of amides is 1. The molecular formula is C33H45F2N3O2S. The van der Waals surface area contributed by atoms with Gasteiger partial charge in [0.2, 0.25) is 5.91 Å². The van der Waals surface area contributed by atoms with Gasteiger partial charge >= 0.3 is 0 Å². The number of halogens is 2. The second-order valence-corrected chi connectivity index (χ2v) is 12.1. The molecule has 0 saturated carbocycles. The minimum Gasteiger partial charge on any atom is -0.330 e. The van der Waals surface area contributed by atoms with Gasteiger partial charge in [-0.3, -0.25) is 9.69 Å². The van der Waals surface area contributed by atoms with Crippen LogP contribution in [0, 0.1) is 35.3 Å². The van der Waals surface area contributed by atoms with Crippen LogP contribution in [-0.4, -0.2) is 46.9 Å². The maximum absolute atomic E-state index is 15.1. The molecule has 0 aromatic heterocycles. The van der Waals surface area contributed by atoms with Gasteiger partial charge in [-0.05, 0) is 99.9 Å². The average molecular weight is 586 g/mol. The normalized spacial score (nSPS) is 19.9. The van der Waals surface area contributed by atoms with E-state index in [2.05, 4.69) is 42.3 Å². The molecule has 224 valence electrons. The predicted molar refractivity (Wildman–Crippen MR) is 166 cm³/mol. The Labute approximate surface area is 249 Å². The zero-order valence-corrected chi connectivity index (χ0v) is 25.6. The molecule has 3 N–H and O–H groups in total. The fourth-order valence-electron chi connectivity index (χ4n) is 6.37. The minimum absolute atomic E-state index is 0.0799. The van der Waals surface area contributed by atoms with Crippen LogP contribution in [0.15, 0.2) is 42.5 Å². The maximum atomic E-state index is 15.1. The van der Waals surface area contributed by atoms with E-state index in [0.29, 0.717) is 36.6 Å². The molecule has 0 radical (unpaired) electrons. The van der Waals surface area contributed by atoms with Crippen LogP contribution in [0.2, 0.25) is 0 Å². The molecule has 41 heavy (non-hydrogen) atoms. The molecule has 1 aliphatic rings. The first-order chi connectivity index (χ1) is 19.7. The lowest BCUT2D eigenvalue weighted by molar-refractivity contribution is -0.117. The van der Waals surface area contributed by atoms with E-state index in [1.165, 1.54) is 18.2 Å². The highest BCUT2D eigenvalue weighted by molar-refractivity contribution is 7.93. The van der Waals surface area contributed by atoms with E-state index >= 15 is 4.39 Å². The zero-order chi connectivity index (χ0) is 30.0. The summed E-state index contributed by atoms with van der Waals surface area (Å²) < 4.78 is 37.9. The lowest BCUT2D eigenvalue weighted by Crippen LogP contribution is -2.54. The Bertz CT molecular complexity index is 1170. The summed E-state index contributed by atoms with van der Waals surface area (Å²) in [5.41, 5.74) is 1.16. The maximum Gasteiger partial charge on any atom is 0.225 e. The first-order valence-corrected chi connectivity index (χ1v) is 15.6. The number of nitrogens with zero attached hydrogens (tertiary/aromatic N) is 1. The molecule has 4 atom stereocenters. The molecule has 0 aliphatic carbocycles. The molecule has 8 heteroatoms. The Morgan fingerprint density at radius 3 is 2.61 bits per heavy atom. The summed E-state index contributed by atoms with van der Waals surface area (Å²) in [6.45, 7) is 7.01. The lowest BCUT2D eigenvalue weighted by Gasteiger charge is -2.40. The number of carbonyl (C=O) groups is 1. The molecule has 1 saturated heterocycles. The molecule has 4 unspecified atom stereocenters. The van der Waals surface area contributed by atoms with E-state index in [9.17, 15) is 9.18 Å². The Kier molecular flexibility index (Phi) is 12.7. The van der Waals surface area contributed by atoms with Crippen molar-refractivity contribution in [1.29, 1.82) is 0 Å². The fourth-order valence-corrected chi connectivity index (χ4v) is 6.67. The van der Waals surface area contributed by atoms with E-state index in [4.69, 9.17) is 11.0 Å². The van der Waals surface area contributed by atoms with E-state index < -0.39 is 5.41 Å². The van der Waals surface area contributed by atoms with E-state index in [1.807, 2.05) is 6.92 Å². The minimum atomic E-state index is -0.608. The molecule has 1 fully saturated rings. The topological polar surface area (TPSA) is 64.6 Å². The van der Waals surface area contributed by atoms with Crippen molar-refractivity contribution in [2.75, 3.05) is 24.7 Å². The molecule has 2 aromatic carbocycles. The van der Waals surface area contributed by atoms with Crippen molar-refractivity contribution in [3.05, 3.63) is 65.2 Å². The van der Waals surface area contributed by atoms with Gasteiger partial charge in [0.25, 0.3) is 0 Å². The summed E-state index contributed by atoms with van der Waals surface area (Å²) in [5, 5.41) is 6.53. The summed E-state index contributed by atoms with van der Waals surface area (Å²) in [7, 11) is 2.09. The van der Waals surface area contributed by atoms with Gasteiger partial charge in [-0.25, -0.2) is 8.78 Å². The SMILES string of the molecule is C#CC(CC)(C(C)C)C(CC(=O)Nc1cccc(F)c1CCC1NCCC(CCCSO)N1C)c1ccc(F)cc1. The molecule has 3 rings (SSSR count). The standard InChI is InChI=1S/C33H45F2N3O2S/c1-6-33(7-2,23(3)4)28(24-13-15-25(34)16-14-24)22-32(39)37-30-12-8-11-29(35)27(30)17-18-31-36-20-19-26(38(31)5)10-9-21-41-40/h1,8,11-16,23,26,28,31,36,40H,7,9-10,17-22H2,2-5H3,(H,37,39). The quantitative estimate of drug-likeness (QED) is 0.123. The van der Waals surface area contributed by atoms with Crippen molar-refractivity contribution in [2.45, 2.75) is 83.8 Å². The van der Waals surface area contributed by atoms with Gasteiger partial charge in [0.05, 0.1) is 6.17 Å². The monoisotopic (exact) mass is 585 g/mol. The summed E-state index contributed by atoms with van der Waals surface area (Å²) in [4.78, 5) is 15.9. The Hall–Kier alpha value is -2.44. The third-order valence-electron chi connectivity index (χ3n) is 8.93. The van der Waals surface area contributed by atoms with Crippen LogP contribution in [0.4, 0.5) is 14.5 Å². The van der Waals surface area contributed by atoms with Gasteiger partial charge in [0, 0.05) is 40.8 Å². The van der Waals surface area contributed by atoms with Gasteiger partial charge in [0.1, 0.15) is 11.6 Å². The molecule has 5 nitrogen and oxygen atoms in total. The van der Waals surface area contributed by atoms with Crippen molar-refractivity contribution in [3.63, 3.8) is 0 Å². The van der Waals surface area contributed by atoms with Crippen molar-refractivity contribution < 1.29 is 18.1 Å². The summed E-state index contributed by atoms with van der Waals surface area (Å²) >= 11 is 0.880. The number of hydrogen-bond acceptors (Lipinski definition) is 5. The highest BCUT2D eigenvalue weighted by Crippen LogP contribution is 2.46. The van der Waals surface area contributed by atoms with Crippen LogP contribution in [0.3, 0.4) is 0 Å². The molecular weight excluding hydrogens is 540 g/mol. The number of nitrogens with one attached hydrogen (secondary N) is 2. The van der Waals surface area contributed by atoms with Crippen LogP contribution in [0.1, 0.15) is 76.3 Å². The lowest BCUT2D eigenvalue weighted by atomic mass is 9.63. The largest absolute Gasteiger partial charge is 0.330 e. The van der Waals surface area contributed by atoms with Gasteiger partial charge in [0.15, 0.2) is 0 Å². The van der Waals surface area contributed by atoms with Crippen molar-refractivity contribution >= 4 is 23.6 Å². The summed E-state index contributed by atoms with van der Waals surface area (Å²) in [5.74, 6) is 2.51. The third-order valence-corrected chi connectivity index (χ3v) is 9.40. The van der Waals surface area contributed by atoms with E-state index in [-0.39, 0.29) is 42.0 Å². The number of terminal acetylenes is 1. The van der Waals surface area contributed by atoms with E-state index in [0.717, 1.165) is 49.2 Å². The molecule has 0 bridgehead atoms. The molecule has 1 heterocycles.